The molecule has 0 unspecified atom stereocenters. The Morgan fingerprint density at radius 1 is 1.25 bits per heavy atom. The van der Waals surface area contributed by atoms with Crippen molar-refractivity contribution in [3.63, 3.8) is 0 Å². The van der Waals surface area contributed by atoms with E-state index >= 15 is 0 Å². The summed E-state index contributed by atoms with van der Waals surface area (Å²) < 4.78 is 0. The van der Waals surface area contributed by atoms with Crippen LogP contribution in [0.25, 0.3) is 0 Å². The van der Waals surface area contributed by atoms with Crippen molar-refractivity contribution in [1.82, 2.24) is 0 Å². The van der Waals surface area contributed by atoms with Crippen LogP contribution in [0.1, 0.15) is 34.0 Å². The molecular formula is C7H16O. The summed E-state index contributed by atoms with van der Waals surface area (Å²) in [7, 11) is 0. The summed E-state index contributed by atoms with van der Waals surface area (Å²) in [5.41, 5.74) is 0. The second-order valence-electron chi connectivity index (χ2n) is 2.91. The lowest BCUT2D eigenvalue weighted by atomic mass is 9.89. The van der Waals surface area contributed by atoms with Gasteiger partial charge in [0.1, 0.15) is 0 Å². The molecule has 0 radical (unpaired) electrons. The minimum atomic E-state index is 0. The van der Waals surface area contributed by atoms with E-state index in [4.69, 9.17) is 5.11 Å². The Morgan fingerprint density at radius 3 is 2.12 bits per heavy atom. The van der Waals surface area contributed by atoms with Gasteiger partial charge in [-0.1, -0.05) is 6.92 Å². The van der Waals surface area contributed by atoms with Crippen LogP contribution in [0, 0.1) is 5.92 Å². The second kappa shape index (κ2) is 2.49. The first-order chi connectivity index (χ1) is 3.79. The largest absolute Gasteiger partial charge is 0.393 e. The van der Waals surface area contributed by atoms with Crippen molar-refractivity contribution >= 4 is 0 Å². The van der Waals surface area contributed by atoms with E-state index in [0.29, 0.717) is 0 Å². The number of hydrogen-bond acceptors (Lipinski definition) is 1. The summed E-state index contributed by atoms with van der Waals surface area (Å²) in [5.74, 6) is 0.860. The monoisotopic (exact) mass is 117 g/mol. The second-order valence-corrected chi connectivity index (χ2v) is 2.91. The van der Waals surface area contributed by atoms with Gasteiger partial charge in [0, 0.05) is 1.43 Å². The highest BCUT2D eigenvalue weighted by Gasteiger charge is 2.14. The van der Waals surface area contributed by atoms with Gasteiger partial charge in [-0.05, 0) is 31.6 Å². The SMILES string of the molecule is CC1CCC(O)CC1.[2HH]. The molecule has 0 aliphatic heterocycles. The fourth-order valence-corrected chi connectivity index (χ4v) is 1.24. The van der Waals surface area contributed by atoms with Crippen molar-refractivity contribution in [2.75, 3.05) is 0 Å². The molecule has 0 bridgehead atoms. The number of hydrogen-bond donors (Lipinski definition) is 1. The molecule has 0 amide bonds. The number of aliphatic hydroxyl groups excluding tert-OH is 1. The molecule has 1 saturated carbocycles. The molecule has 0 aromatic rings. The fourth-order valence-electron chi connectivity index (χ4n) is 1.24. The van der Waals surface area contributed by atoms with Gasteiger partial charge in [0.2, 0.25) is 0 Å². The molecule has 50 valence electrons. The first kappa shape index (κ1) is 6.09. The van der Waals surface area contributed by atoms with Gasteiger partial charge in [0.25, 0.3) is 0 Å². The summed E-state index contributed by atoms with van der Waals surface area (Å²) >= 11 is 0. The predicted molar refractivity (Wildman–Crippen MR) is 35.8 cm³/mol. The Bertz CT molecular complexity index is 57.3. The highest BCUT2D eigenvalue weighted by atomic mass is 16.3. The third-order valence-electron chi connectivity index (χ3n) is 1.99. The van der Waals surface area contributed by atoms with Gasteiger partial charge >= 0.3 is 0 Å². The summed E-state index contributed by atoms with van der Waals surface area (Å²) in [4.78, 5) is 0. The van der Waals surface area contributed by atoms with Gasteiger partial charge in [-0.3, -0.25) is 0 Å². The average Bonchev–Trinajstić information content (AvgIpc) is 1.77. The van der Waals surface area contributed by atoms with E-state index in [1.807, 2.05) is 0 Å². The van der Waals surface area contributed by atoms with Crippen molar-refractivity contribution < 1.29 is 6.53 Å². The van der Waals surface area contributed by atoms with Crippen LogP contribution in [0.2, 0.25) is 0 Å². The molecule has 8 heavy (non-hydrogen) atoms. The van der Waals surface area contributed by atoms with E-state index in [1.165, 1.54) is 12.8 Å². The van der Waals surface area contributed by atoms with Crippen LogP contribution in [0.15, 0.2) is 0 Å². The third-order valence-corrected chi connectivity index (χ3v) is 1.99. The molecule has 0 aromatic carbocycles. The van der Waals surface area contributed by atoms with Gasteiger partial charge in [0.15, 0.2) is 0 Å². The highest BCUT2D eigenvalue weighted by Crippen LogP contribution is 2.22. The van der Waals surface area contributed by atoms with Gasteiger partial charge in [-0.15, -0.1) is 0 Å². The van der Waals surface area contributed by atoms with E-state index in [9.17, 15) is 0 Å². The standard InChI is InChI=1S/C7H14O.H2/c1-6-2-4-7(8)5-3-6;/h6-8H,2-5H2,1H3;1H/i;1+1. The summed E-state index contributed by atoms with van der Waals surface area (Å²) in [5, 5.41) is 9.03. The van der Waals surface area contributed by atoms with Gasteiger partial charge in [-0.25, -0.2) is 0 Å². The maximum atomic E-state index is 9.03. The summed E-state index contributed by atoms with van der Waals surface area (Å²) in [6.07, 6.45) is 4.52. The molecule has 0 spiro atoms. The van der Waals surface area contributed by atoms with E-state index in [-0.39, 0.29) is 7.53 Å². The Balaban J connectivity index is 0.000000640. The zero-order valence-electron chi connectivity index (χ0n) is 5.43. The third kappa shape index (κ3) is 1.48. The zero-order chi connectivity index (χ0) is 5.98. The molecule has 0 heterocycles. The van der Waals surface area contributed by atoms with Crippen LogP contribution in [0.4, 0.5) is 0 Å². The normalized spacial score (nSPS) is 39.8. The molecule has 1 heteroatoms. The minimum Gasteiger partial charge on any atom is -0.393 e. The minimum absolute atomic E-state index is 0. The van der Waals surface area contributed by atoms with Crippen molar-refractivity contribution in [1.29, 1.82) is 0 Å². The van der Waals surface area contributed by atoms with Crippen molar-refractivity contribution in [2.45, 2.75) is 38.7 Å². The molecule has 1 N–H and O–H groups in total. The van der Waals surface area contributed by atoms with E-state index < -0.39 is 0 Å². The first-order valence-corrected chi connectivity index (χ1v) is 3.47. The van der Waals surface area contributed by atoms with Gasteiger partial charge in [-0.2, -0.15) is 0 Å². The summed E-state index contributed by atoms with van der Waals surface area (Å²) in [6.45, 7) is 2.26. The van der Waals surface area contributed by atoms with Crippen LogP contribution < -0.4 is 0 Å². The van der Waals surface area contributed by atoms with Crippen LogP contribution in [0.3, 0.4) is 0 Å². The first-order valence-electron chi connectivity index (χ1n) is 3.47. The number of aliphatic hydroxyl groups is 1. The number of rotatable bonds is 0. The average molecular weight is 117 g/mol. The maximum absolute atomic E-state index is 9.03. The lowest BCUT2D eigenvalue weighted by Crippen LogP contribution is -2.15. The fraction of sp³-hybridized carbons (Fsp3) is 1.00. The van der Waals surface area contributed by atoms with Gasteiger partial charge < -0.3 is 5.11 Å². The Labute approximate surface area is 52.2 Å². The predicted octanol–water partition coefficient (Wildman–Crippen LogP) is 1.80. The van der Waals surface area contributed by atoms with Crippen molar-refractivity contribution in [3.05, 3.63) is 0 Å². The summed E-state index contributed by atoms with van der Waals surface area (Å²) in [6, 6.07) is 0. The van der Waals surface area contributed by atoms with Crippen LogP contribution in [-0.4, -0.2) is 11.2 Å². The molecule has 0 atom stereocenters. The van der Waals surface area contributed by atoms with Crippen molar-refractivity contribution in [3.8, 4) is 0 Å². The molecule has 1 aliphatic rings. The topological polar surface area (TPSA) is 20.2 Å². The van der Waals surface area contributed by atoms with Crippen LogP contribution in [-0.2, 0) is 0 Å². The Hall–Kier alpha value is -0.0400. The Kier molecular flexibility index (Phi) is 1.90. The molecule has 1 fully saturated rings. The highest BCUT2D eigenvalue weighted by molar-refractivity contribution is 4.67. The lowest BCUT2D eigenvalue weighted by Gasteiger charge is -2.21. The molecule has 0 saturated heterocycles. The van der Waals surface area contributed by atoms with Crippen LogP contribution >= 0.6 is 0 Å². The molecule has 0 aromatic heterocycles. The van der Waals surface area contributed by atoms with Crippen molar-refractivity contribution in [2.24, 2.45) is 5.92 Å². The van der Waals surface area contributed by atoms with Gasteiger partial charge in [0.05, 0.1) is 6.10 Å². The van der Waals surface area contributed by atoms with E-state index in [2.05, 4.69) is 6.92 Å². The Morgan fingerprint density at radius 2 is 1.75 bits per heavy atom. The molecular weight excluding hydrogens is 100 g/mol. The van der Waals surface area contributed by atoms with Crippen LogP contribution in [0.5, 0.6) is 0 Å². The lowest BCUT2D eigenvalue weighted by molar-refractivity contribution is 0.112. The molecule has 1 rings (SSSR count). The van der Waals surface area contributed by atoms with E-state index in [0.717, 1.165) is 18.8 Å². The molecule has 1 aliphatic carbocycles. The maximum Gasteiger partial charge on any atom is 0.0540 e. The zero-order valence-corrected chi connectivity index (χ0v) is 5.43. The smallest absolute Gasteiger partial charge is 0.0540 e. The molecule has 1 nitrogen and oxygen atoms in total. The van der Waals surface area contributed by atoms with E-state index in [1.54, 1.807) is 0 Å². The quantitative estimate of drug-likeness (QED) is 0.513.